The van der Waals surface area contributed by atoms with Gasteiger partial charge in [0.1, 0.15) is 5.57 Å². The lowest BCUT2D eigenvalue weighted by Crippen LogP contribution is -2.25. The molecule has 0 nitrogen and oxygen atoms in total. The molecule has 2 heteroatoms. The fourth-order valence-corrected chi connectivity index (χ4v) is 9.62. The number of halogens is 1. The SMILES string of the molecule is CCCCCCCC[Si](I)(CCCC)CCCC. The molecule has 0 aromatic carbocycles. The van der Waals surface area contributed by atoms with Crippen LogP contribution in [0.25, 0.3) is 0 Å². The molecule has 0 aliphatic rings. The van der Waals surface area contributed by atoms with E-state index in [1.165, 1.54) is 64.2 Å². The fourth-order valence-electron chi connectivity index (χ4n) is 2.58. The van der Waals surface area contributed by atoms with Gasteiger partial charge in [-0.1, -0.05) is 85.0 Å². The van der Waals surface area contributed by atoms with Crippen molar-refractivity contribution in [2.75, 3.05) is 0 Å². The minimum atomic E-state index is -0.890. The summed E-state index contributed by atoms with van der Waals surface area (Å²) >= 11 is 2.93. The third-order valence-corrected chi connectivity index (χ3v) is 12.5. The first kappa shape index (κ1) is 18.9. The monoisotopic (exact) mass is 382 g/mol. The summed E-state index contributed by atoms with van der Waals surface area (Å²) in [5.74, 6) is 0. The zero-order valence-electron chi connectivity index (χ0n) is 13.1. The second kappa shape index (κ2) is 13.0. The first-order chi connectivity index (χ1) is 8.68. The van der Waals surface area contributed by atoms with E-state index in [9.17, 15) is 0 Å². The molecule has 18 heavy (non-hydrogen) atoms. The maximum Gasteiger partial charge on any atom is 0.125 e. The van der Waals surface area contributed by atoms with Crippen molar-refractivity contribution < 1.29 is 0 Å². The second-order valence-electron chi connectivity index (χ2n) is 5.88. The zero-order chi connectivity index (χ0) is 13.7. The lowest BCUT2D eigenvalue weighted by molar-refractivity contribution is 0.622. The van der Waals surface area contributed by atoms with Crippen molar-refractivity contribution in [2.24, 2.45) is 0 Å². The topological polar surface area (TPSA) is 0 Å². The molecule has 0 aromatic rings. The van der Waals surface area contributed by atoms with E-state index in [-0.39, 0.29) is 0 Å². The average molecular weight is 382 g/mol. The second-order valence-corrected chi connectivity index (χ2v) is 16.5. The Morgan fingerprint density at radius 2 is 0.944 bits per heavy atom. The van der Waals surface area contributed by atoms with Crippen LogP contribution in [0.3, 0.4) is 0 Å². The number of hydrogen-bond donors (Lipinski definition) is 0. The Hall–Kier alpha value is 0.947. The van der Waals surface area contributed by atoms with Crippen LogP contribution in [0, 0.1) is 0 Å². The molecule has 0 aliphatic carbocycles. The highest BCUT2D eigenvalue weighted by Gasteiger charge is 2.27. The van der Waals surface area contributed by atoms with Gasteiger partial charge in [-0.2, -0.15) is 0 Å². The van der Waals surface area contributed by atoms with Gasteiger partial charge in [-0.25, -0.2) is 0 Å². The van der Waals surface area contributed by atoms with Gasteiger partial charge >= 0.3 is 0 Å². The molecule has 0 rings (SSSR count). The Bertz CT molecular complexity index is 162. The van der Waals surface area contributed by atoms with E-state index < -0.39 is 5.57 Å². The summed E-state index contributed by atoms with van der Waals surface area (Å²) in [4.78, 5) is 0. The summed E-state index contributed by atoms with van der Waals surface area (Å²) in [5.41, 5.74) is -0.890. The Balaban J connectivity index is 3.77. The maximum atomic E-state index is 2.93. The normalized spacial score (nSPS) is 12.0. The third-order valence-electron chi connectivity index (χ3n) is 3.94. The Morgan fingerprint density at radius 1 is 0.556 bits per heavy atom. The molecule has 0 fully saturated rings. The highest BCUT2D eigenvalue weighted by molar-refractivity contribution is 14.1. The van der Waals surface area contributed by atoms with Gasteiger partial charge in [0.2, 0.25) is 0 Å². The van der Waals surface area contributed by atoms with Crippen molar-refractivity contribution >= 4 is 27.4 Å². The smallest absolute Gasteiger partial charge is 0.119 e. The largest absolute Gasteiger partial charge is 0.125 e. The van der Waals surface area contributed by atoms with Gasteiger partial charge in [0.25, 0.3) is 0 Å². The maximum absolute atomic E-state index is 2.93. The summed E-state index contributed by atoms with van der Waals surface area (Å²) in [6, 6.07) is 4.76. The molecule has 0 bridgehead atoms. The van der Waals surface area contributed by atoms with E-state index in [1.54, 1.807) is 18.1 Å². The first-order valence-corrected chi connectivity index (χ1v) is 14.1. The van der Waals surface area contributed by atoms with Gasteiger partial charge < -0.3 is 0 Å². The molecule has 0 saturated carbocycles. The Labute approximate surface area is 130 Å². The third kappa shape index (κ3) is 10.8. The van der Waals surface area contributed by atoms with Gasteiger partial charge in [-0.05, 0) is 18.1 Å². The quantitative estimate of drug-likeness (QED) is 0.135. The standard InChI is InChI=1S/C16H35ISi/c1-4-7-10-11-12-13-16-18(17,14-8-5-2)15-9-6-3/h4-16H2,1-3H3. The molecule has 0 spiro atoms. The van der Waals surface area contributed by atoms with Gasteiger partial charge in [0.15, 0.2) is 0 Å². The van der Waals surface area contributed by atoms with Gasteiger partial charge in [-0.15, -0.1) is 21.8 Å². The molecule has 0 aromatic heterocycles. The van der Waals surface area contributed by atoms with Crippen LogP contribution >= 0.6 is 21.8 Å². The van der Waals surface area contributed by atoms with Crippen LogP contribution in [0.5, 0.6) is 0 Å². The first-order valence-electron chi connectivity index (χ1n) is 8.37. The fraction of sp³-hybridized carbons (Fsp3) is 1.00. The number of hydrogen-bond acceptors (Lipinski definition) is 0. The predicted molar refractivity (Wildman–Crippen MR) is 97.4 cm³/mol. The van der Waals surface area contributed by atoms with Crippen LogP contribution in [0.15, 0.2) is 0 Å². The molecule has 0 aliphatic heterocycles. The van der Waals surface area contributed by atoms with Gasteiger partial charge in [0, 0.05) is 0 Å². The van der Waals surface area contributed by atoms with Crippen molar-refractivity contribution in [1.29, 1.82) is 0 Å². The van der Waals surface area contributed by atoms with Gasteiger partial charge in [-0.3, -0.25) is 0 Å². The van der Waals surface area contributed by atoms with E-state index in [4.69, 9.17) is 0 Å². The number of unbranched alkanes of at least 4 members (excludes halogenated alkanes) is 7. The van der Waals surface area contributed by atoms with E-state index in [0.29, 0.717) is 0 Å². The van der Waals surface area contributed by atoms with Crippen LogP contribution < -0.4 is 0 Å². The Morgan fingerprint density at radius 3 is 1.44 bits per heavy atom. The van der Waals surface area contributed by atoms with Crippen molar-refractivity contribution in [3.8, 4) is 0 Å². The molecular weight excluding hydrogens is 347 g/mol. The lowest BCUT2D eigenvalue weighted by Gasteiger charge is -2.25. The van der Waals surface area contributed by atoms with Crippen LogP contribution in [-0.4, -0.2) is 5.57 Å². The molecule has 0 N–H and O–H groups in total. The summed E-state index contributed by atoms with van der Waals surface area (Å²) in [5, 5.41) is 0. The van der Waals surface area contributed by atoms with Crippen LogP contribution in [0.4, 0.5) is 0 Å². The van der Waals surface area contributed by atoms with Crippen molar-refractivity contribution in [3.63, 3.8) is 0 Å². The highest BCUT2D eigenvalue weighted by atomic mass is 127. The van der Waals surface area contributed by atoms with E-state index >= 15 is 0 Å². The summed E-state index contributed by atoms with van der Waals surface area (Å²) in [7, 11) is 0. The summed E-state index contributed by atoms with van der Waals surface area (Å²) in [6.45, 7) is 6.99. The minimum Gasteiger partial charge on any atom is -0.119 e. The molecule has 0 amide bonds. The molecule has 0 radical (unpaired) electrons. The average Bonchev–Trinajstić information content (AvgIpc) is 2.38. The van der Waals surface area contributed by atoms with E-state index in [1.807, 2.05) is 0 Å². The van der Waals surface area contributed by atoms with E-state index in [0.717, 1.165) is 0 Å². The summed E-state index contributed by atoms with van der Waals surface area (Å²) in [6.07, 6.45) is 14.5. The van der Waals surface area contributed by atoms with Crippen LogP contribution in [0.1, 0.15) is 85.0 Å². The molecule has 0 heterocycles. The van der Waals surface area contributed by atoms with Crippen molar-refractivity contribution in [2.45, 2.75) is 103 Å². The number of rotatable bonds is 13. The predicted octanol–water partition coefficient (Wildman–Crippen LogP) is 7.33. The molecule has 0 atom stereocenters. The van der Waals surface area contributed by atoms with Crippen LogP contribution in [-0.2, 0) is 0 Å². The lowest BCUT2D eigenvalue weighted by atomic mass is 10.1. The van der Waals surface area contributed by atoms with Crippen LogP contribution in [0.2, 0.25) is 18.1 Å². The molecular formula is C16H35ISi. The molecule has 0 unspecified atom stereocenters. The minimum absolute atomic E-state index is 0.890. The molecule has 0 saturated heterocycles. The van der Waals surface area contributed by atoms with Gasteiger partial charge in [0.05, 0.1) is 0 Å². The Kier molecular flexibility index (Phi) is 13.6. The summed E-state index contributed by atoms with van der Waals surface area (Å²) < 4.78 is 0. The zero-order valence-corrected chi connectivity index (χ0v) is 16.2. The van der Waals surface area contributed by atoms with Crippen molar-refractivity contribution in [3.05, 3.63) is 0 Å². The van der Waals surface area contributed by atoms with Crippen molar-refractivity contribution in [1.82, 2.24) is 0 Å². The molecule has 110 valence electrons. The van der Waals surface area contributed by atoms with E-state index in [2.05, 4.69) is 42.6 Å². The highest BCUT2D eigenvalue weighted by Crippen LogP contribution is 2.34.